The van der Waals surface area contributed by atoms with Crippen molar-refractivity contribution >= 4 is 26.9 Å². The first-order valence-corrected chi connectivity index (χ1v) is 11.3. The van der Waals surface area contributed by atoms with Gasteiger partial charge < -0.3 is 0 Å². The van der Waals surface area contributed by atoms with Gasteiger partial charge in [0, 0.05) is 22.9 Å². The normalized spacial score (nSPS) is 13.1. The first-order chi connectivity index (χ1) is 13.5. The molecule has 1 unspecified atom stereocenters. The van der Waals surface area contributed by atoms with Crippen molar-refractivity contribution < 1.29 is 8.60 Å². The zero-order valence-electron chi connectivity index (χ0n) is 14.9. The van der Waals surface area contributed by atoms with Crippen molar-refractivity contribution in [2.45, 2.75) is 4.90 Å². The van der Waals surface area contributed by atoms with E-state index in [1.54, 1.807) is 42.2 Å². The molecule has 0 saturated heterocycles. The summed E-state index contributed by atoms with van der Waals surface area (Å²) in [5.74, 6) is 0.0721. The van der Waals surface area contributed by atoms with Gasteiger partial charge in [0.25, 0.3) is 0 Å². The molecule has 28 heavy (non-hydrogen) atoms. The van der Waals surface area contributed by atoms with Gasteiger partial charge in [-0.15, -0.1) is 11.3 Å². The first-order valence-electron chi connectivity index (χ1n) is 8.46. The molecule has 140 valence electrons. The van der Waals surface area contributed by atoms with Crippen molar-refractivity contribution in [3.63, 3.8) is 0 Å². The third kappa shape index (κ3) is 3.85. The Hall–Kier alpha value is -2.90. The zero-order valence-corrected chi connectivity index (χ0v) is 16.6. The predicted octanol–water partition coefficient (Wildman–Crippen LogP) is 5.80. The molecule has 4 nitrogen and oxygen atoms in total. The van der Waals surface area contributed by atoms with E-state index in [1.807, 2.05) is 30.3 Å². The van der Waals surface area contributed by atoms with E-state index in [0.717, 1.165) is 10.4 Å². The highest BCUT2D eigenvalue weighted by Crippen LogP contribution is 2.36. The standard InChI is InChI=1S/C21H16FN3OS2/c1-28(26,18-8-3-2-4-9-18)25-19-13-16(10-11-23-19)21-20(24-14-27-21)15-6-5-7-17(22)12-15/h2-14H,1H3. The van der Waals surface area contributed by atoms with Crippen LogP contribution in [0, 0.1) is 5.82 Å². The van der Waals surface area contributed by atoms with Crippen LogP contribution in [0.2, 0.25) is 0 Å². The quantitative estimate of drug-likeness (QED) is 0.428. The maximum absolute atomic E-state index is 13.6. The molecule has 0 aliphatic heterocycles. The van der Waals surface area contributed by atoms with Crippen LogP contribution in [-0.2, 0) is 9.73 Å². The first kappa shape index (κ1) is 18.5. The summed E-state index contributed by atoms with van der Waals surface area (Å²) in [4.78, 5) is 10.2. The van der Waals surface area contributed by atoms with Crippen molar-refractivity contribution in [3.05, 3.63) is 84.3 Å². The molecular weight excluding hydrogens is 393 g/mol. The zero-order chi connectivity index (χ0) is 19.6. The van der Waals surface area contributed by atoms with Gasteiger partial charge in [0.15, 0.2) is 5.82 Å². The summed E-state index contributed by atoms with van der Waals surface area (Å²) in [5.41, 5.74) is 3.97. The van der Waals surface area contributed by atoms with Gasteiger partial charge in [-0.1, -0.05) is 30.3 Å². The van der Waals surface area contributed by atoms with E-state index in [9.17, 15) is 8.60 Å². The van der Waals surface area contributed by atoms with Crippen LogP contribution in [0.25, 0.3) is 21.7 Å². The largest absolute Gasteiger partial charge is 0.245 e. The molecule has 0 aliphatic carbocycles. The Morgan fingerprint density at radius 3 is 2.57 bits per heavy atom. The fourth-order valence-electron chi connectivity index (χ4n) is 2.81. The number of pyridine rings is 1. The van der Waals surface area contributed by atoms with Crippen LogP contribution in [0.1, 0.15) is 0 Å². The van der Waals surface area contributed by atoms with Crippen molar-refractivity contribution in [2.24, 2.45) is 4.36 Å². The third-order valence-electron chi connectivity index (χ3n) is 4.12. The molecule has 0 N–H and O–H groups in total. The molecule has 0 saturated carbocycles. The third-order valence-corrected chi connectivity index (χ3v) is 6.68. The highest BCUT2D eigenvalue weighted by molar-refractivity contribution is 7.93. The van der Waals surface area contributed by atoms with E-state index < -0.39 is 9.73 Å². The molecular formula is C21H16FN3OS2. The Bertz CT molecular complexity index is 1250. The second kappa shape index (κ2) is 7.61. The van der Waals surface area contributed by atoms with Crippen LogP contribution >= 0.6 is 11.3 Å². The number of benzene rings is 2. The molecule has 2 heterocycles. The van der Waals surface area contributed by atoms with Gasteiger partial charge in [-0.2, -0.15) is 4.36 Å². The minimum atomic E-state index is -2.62. The van der Waals surface area contributed by atoms with Gasteiger partial charge in [0.1, 0.15) is 5.82 Å². The number of halogens is 1. The number of rotatable bonds is 4. The molecule has 0 bridgehead atoms. The average molecular weight is 410 g/mol. The average Bonchev–Trinajstić information content (AvgIpc) is 3.18. The number of hydrogen-bond donors (Lipinski definition) is 0. The van der Waals surface area contributed by atoms with Gasteiger partial charge in [0.05, 0.1) is 25.8 Å². The van der Waals surface area contributed by atoms with E-state index in [0.29, 0.717) is 22.0 Å². The summed E-state index contributed by atoms with van der Waals surface area (Å²) in [5, 5.41) is 0. The summed E-state index contributed by atoms with van der Waals surface area (Å²) in [7, 11) is -2.62. The number of hydrogen-bond acceptors (Lipinski definition) is 5. The summed E-state index contributed by atoms with van der Waals surface area (Å²) >= 11 is 1.45. The monoisotopic (exact) mass is 409 g/mol. The highest BCUT2D eigenvalue weighted by atomic mass is 32.2. The van der Waals surface area contributed by atoms with Gasteiger partial charge >= 0.3 is 0 Å². The molecule has 4 rings (SSSR count). The summed E-state index contributed by atoms with van der Waals surface area (Å²) < 4.78 is 31.0. The minimum Gasteiger partial charge on any atom is -0.245 e. The number of nitrogens with zero attached hydrogens (tertiary/aromatic N) is 3. The second-order valence-electron chi connectivity index (χ2n) is 6.15. The van der Waals surface area contributed by atoms with Crippen molar-refractivity contribution in [2.75, 3.05) is 6.26 Å². The maximum Gasteiger partial charge on any atom is 0.162 e. The van der Waals surface area contributed by atoms with E-state index in [2.05, 4.69) is 14.3 Å². The highest BCUT2D eigenvalue weighted by Gasteiger charge is 2.13. The molecule has 0 spiro atoms. The Kier molecular flexibility index (Phi) is 5.02. The van der Waals surface area contributed by atoms with E-state index >= 15 is 0 Å². The van der Waals surface area contributed by atoms with Crippen LogP contribution in [0.15, 0.2) is 87.7 Å². The molecule has 1 atom stereocenters. The topological polar surface area (TPSA) is 55.2 Å². The molecule has 7 heteroatoms. The van der Waals surface area contributed by atoms with Crippen LogP contribution in [0.3, 0.4) is 0 Å². The van der Waals surface area contributed by atoms with Crippen LogP contribution in [0.5, 0.6) is 0 Å². The second-order valence-corrected chi connectivity index (χ2v) is 9.26. The molecule has 0 radical (unpaired) electrons. The van der Waals surface area contributed by atoms with Gasteiger partial charge in [-0.05, 0) is 42.0 Å². The van der Waals surface area contributed by atoms with Crippen molar-refractivity contribution in [1.82, 2.24) is 9.97 Å². The Morgan fingerprint density at radius 1 is 0.964 bits per heavy atom. The van der Waals surface area contributed by atoms with Crippen LogP contribution in [0.4, 0.5) is 10.2 Å². The Morgan fingerprint density at radius 2 is 1.79 bits per heavy atom. The lowest BCUT2D eigenvalue weighted by Crippen LogP contribution is -1.96. The maximum atomic E-state index is 13.6. The van der Waals surface area contributed by atoms with E-state index in [-0.39, 0.29) is 5.82 Å². The Labute approximate surface area is 166 Å². The summed E-state index contributed by atoms with van der Waals surface area (Å²) in [6, 6.07) is 19.1. The van der Waals surface area contributed by atoms with Crippen molar-refractivity contribution in [3.8, 4) is 21.7 Å². The van der Waals surface area contributed by atoms with E-state index in [4.69, 9.17) is 0 Å². The summed E-state index contributed by atoms with van der Waals surface area (Å²) in [6.07, 6.45) is 3.23. The molecule has 2 aromatic carbocycles. The summed E-state index contributed by atoms with van der Waals surface area (Å²) in [6.45, 7) is 0. The number of aromatic nitrogens is 2. The van der Waals surface area contributed by atoms with Gasteiger partial charge in [0.2, 0.25) is 0 Å². The molecule has 2 aromatic heterocycles. The molecule has 4 aromatic rings. The van der Waals surface area contributed by atoms with Crippen molar-refractivity contribution in [1.29, 1.82) is 0 Å². The lowest BCUT2D eigenvalue weighted by atomic mass is 10.1. The van der Waals surface area contributed by atoms with Crippen LogP contribution < -0.4 is 0 Å². The van der Waals surface area contributed by atoms with Gasteiger partial charge in [-0.25, -0.2) is 18.6 Å². The lowest BCUT2D eigenvalue weighted by molar-refractivity contribution is 0.628. The number of thiazole rings is 1. The minimum absolute atomic E-state index is 0.310. The smallest absolute Gasteiger partial charge is 0.162 e. The molecule has 0 amide bonds. The predicted molar refractivity (Wildman–Crippen MR) is 112 cm³/mol. The SMILES string of the molecule is CS(=O)(=Nc1cc(-c2scnc2-c2cccc(F)c2)ccn1)c1ccccc1. The Balaban J connectivity index is 1.77. The molecule has 0 fully saturated rings. The van der Waals surface area contributed by atoms with E-state index in [1.165, 1.54) is 23.5 Å². The fraction of sp³-hybridized carbons (Fsp3) is 0.0476. The lowest BCUT2D eigenvalue weighted by Gasteiger charge is -2.06. The van der Waals surface area contributed by atoms with Crippen LogP contribution in [-0.4, -0.2) is 20.4 Å². The fourth-order valence-corrected chi connectivity index (χ4v) is 4.84. The van der Waals surface area contributed by atoms with Gasteiger partial charge in [-0.3, -0.25) is 0 Å². The molecule has 0 aliphatic rings.